The molecule has 1 atom stereocenters. The van der Waals surface area contributed by atoms with E-state index in [0.717, 1.165) is 23.3 Å². The Hall–Kier alpha value is -0.870. The second kappa shape index (κ2) is 8.33. The van der Waals surface area contributed by atoms with Crippen molar-refractivity contribution in [2.45, 2.75) is 33.2 Å². The third-order valence-corrected chi connectivity index (χ3v) is 4.05. The van der Waals surface area contributed by atoms with E-state index in [0.29, 0.717) is 12.5 Å². The summed E-state index contributed by atoms with van der Waals surface area (Å²) in [5.41, 5.74) is 0.872. The molecule has 3 nitrogen and oxygen atoms in total. The lowest BCUT2D eigenvalue weighted by Gasteiger charge is -2.38. The maximum Gasteiger partial charge on any atom is 0.230 e. The first-order valence-corrected chi connectivity index (χ1v) is 6.71. The molecule has 0 saturated heterocycles. The van der Waals surface area contributed by atoms with Gasteiger partial charge in [-0.05, 0) is 32.9 Å². The summed E-state index contributed by atoms with van der Waals surface area (Å²) in [5.74, 6) is 0.0972. The van der Waals surface area contributed by atoms with E-state index < -0.39 is 0 Å². The fraction of sp³-hybridized carbons (Fsp3) is 0.533. The van der Waals surface area contributed by atoms with Crippen molar-refractivity contribution in [3.8, 4) is 0 Å². The molecule has 0 aliphatic carbocycles. The topological polar surface area (TPSA) is 29.1 Å². The SMILES string of the molecule is CC[N+](C)(CC)C(C)CC(=O)Nc1ccccc1.[Br-]. The predicted octanol–water partition coefficient (Wildman–Crippen LogP) is -0.106. The Morgan fingerprint density at radius 3 is 2.21 bits per heavy atom. The molecule has 4 heteroatoms. The van der Waals surface area contributed by atoms with Gasteiger partial charge in [0.1, 0.15) is 0 Å². The molecule has 1 N–H and O–H groups in total. The molecule has 1 aromatic rings. The van der Waals surface area contributed by atoms with Crippen LogP contribution in [0.3, 0.4) is 0 Å². The highest BCUT2D eigenvalue weighted by Gasteiger charge is 2.27. The van der Waals surface area contributed by atoms with Gasteiger partial charge in [-0.25, -0.2) is 0 Å². The minimum atomic E-state index is 0. The average molecular weight is 329 g/mol. The van der Waals surface area contributed by atoms with E-state index in [1.54, 1.807) is 0 Å². The van der Waals surface area contributed by atoms with Crippen LogP contribution in [0.25, 0.3) is 0 Å². The molecule has 0 heterocycles. The highest BCUT2D eigenvalue weighted by atomic mass is 79.9. The van der Waals surface area contributed by atoms with Crippen molar-refractivity contribution in [1.82, 2.24) is 0 Å². The van der Waals surface area contributed by atoms with Crippen LogP contribution in [0.5, 0.6) is 0 Å². The van der Waals surface area contributed by atoms with Crippen LogP contribution in [-0.4, -0.2) is 36.6 Å². The highest BCUT2D eigenvalue weighted by Crippen LogP contribution is 2.14. The van der Waals surface area contributed by atoms with E-state index in [1.165, 1.54) is 0 Å². The Labute approximate surface area is 127 Å². The van der Waals surface area contributed by atoms with Gasteiger partial charge in [0.05, 0.1) is 32.6 Å². The molecule has 19 heavy (non-hydrogen) atoms. The number of rotatable bonds is 6. The van der Waals surface area contributed by atoms with Crippen LogP contribution < -0.4 is 22.3 Å². The molecule has 0 aromatic heterocycles. The van der Waals surface area contributed by atoms with Gasteiger partial charge in [-0.2, -0.15) is 0 Å². The zero-order valence-electron chi connectivity index (χ0n) is 12.3. The lowest BCUT2D eigenvalue weighted by molar-refractivity contribution is -0.927. The summed E-state index contributed by atoms with van der Waals surface area (Å²) >= 11 is 0. The molecule has 0 fully saturated rings. The number of hydrogen-bond donors (Lipinski definition) is 1. The number of para-hydroxylation sites is 1. The maximum absolute atomic E-state index is 12.0. The van der Waals surface area contributed by atoms with Crippen molar-refractivity contribution >= 4 is 11.6 Å². The first-order chi connectivity index (χ1) is 8.51. The van der Waals surface area contributed by atoms with E-state index >= 15 is 0 Å². The van der Waals surface area contributed by atoms with Gasteiger partial charge in [0, 0.05) is 5.69 Å². The Balaban J connectivity index is 0.00000324. The summed E-state index contributed by atoms with van der Waals surface area (Å²) in [4.78, 5) is 12.0. The Morgan fingerprint density at radius 1 is 1.21 bits per heavy atom. The van der Waals surface area contributed by atoms with Gasteiger partial charge in [-0.3, -0.25) is 4.79 Å². The Bertz CT molecular complexity index is 377. The minimum Gasteiger partial charge on any atom is -1.00 e. The van der Waals surface area contributed by atoms with Gasteiger partial charge >= 0.3 is 0 Å². The molecule has 0 aliphatic rings. The largest absolute Gasteiger partial charge is 1.00 e. The van der Waals surface area contributed by atoms with E-state index in [-0.39, 0.29) is 22.9 Å². The Morgan fingerprint density at radius 2 is 1.74 bits per heavy atom. The molecule has 1 amide bonds. The number of carbonyl (C=O) groups excluding carboxylic acids is 1. The van der Waals surface area contributed by atoms with Gasteiger partial charge in [0.15, 0.2) is 0 Å². The third-order valence-electron chi connectivity index (χ3n) is 4.05. The quantitative estimate of drug-likeness (QED) is 0.726. The average Bonchev–Trinajstić information content (AvgIpc) is 2.38. The molecule has 0 radical (unpaired) electrons. The van der Waals surface area contributed by atoms with E-state index in [9.17, 15) is 4.79 Å². The maximum atomic E-state index is 12.0. The Kier molecular flexibility index (Phi) is 7.95. The number of quaternary nitrogens is 1. The lowest BCUT2D eigenvalue weighted by atomic mass is 10.1. The highest BCUT2D eigenvalue weighted by molar-refractivity contribution is 5.90. The normalized spacial score (nSPS) is 12.4. The molecule has 0 aliphatic heterocycles. The number of amides is 1. The summed E-state index contributed by atoms with van der Waals surface area (Å²) in [5, 5.41) is 2.94. The molecule has 1 rings (SSSR count). The second-order valence-electron chi connectivity index (χ2n) is 5.08. The zero-order chi connectivity index (χ0) is 13.6. The van der Waals surface area contributed by atoms with Crippen molar-refractivity contribution in [3.63, 3.8) is 0 Å². The summed E-state index contributed by atoms with van der Waals surface area (Å²) in [6.07, 6.45) is 0.563. The molecule has 0 bridgehead atoms. The number of anilines is 1. The van der Waals surface area contributed by atoms with Gasteiger partial charge in [0.25, 0.3) is 0 Å². The van der Waals surface area contributed by atoms with E-state index in [1.807, 2.05) is 30.3 Å². The van der Waals surface area contributed by atoms with Crippen LogP contribution in [0.2, 0.25) is 0 Å². The van der Waals surface area contributed by atoms with Crippen LogP contribution in [0.1, 0.15) is 27.2 Å². The van der Waals surface area contributed by atoms with E-state index in [2.05, 4.69) is 33.1 Å². The molecule has 108 valence electrons. The summed E-state index contributed by atoms with van der Waals surface area (Å²) in [6, 6.07) is 9.96. The fourth-order valence-electron chi connectivity index (χ4n) is 2.07. The standard InChI is InChI=1S/C15H24N2O.BrH/c1-5-17(4,6-2)13(3)12-15(18)16-14-10-8-7-9-11-14;/h7-11,13H,5-6,12H2,1-4H3;1H. The van der Waals surface area contributed by atoms with Crippen LogP contribution in [0.4, 0.5) is 5.69 Å². The predicted molar refractivity (Wildman–Crippen MR) is 76.4 cm³/mol. The summed E-state index contributed by atoms with van der Waals surface area (Å²) < 4.78 is 0.933. The van der Waals surface area contributed by atoms with Crippen LogP contribution in [0, 0.1) is 0 Å². The van der Waals surface area contributed by atoms with Gasteiger partial charge in [0.2, 0.25) is 5.91 Å². The van der Waals surface area contributed by atoms with Crippen LogP contribution in [-0.2, 0) is 4.79 Å². The number of halogens is 1. The van der Waals surface area contributed by atoms with Crippen molar-refractivity contribution < 1.29 is 26.3 Å². The number of nitrogens with one attached hydrogen (secondary N) is 1. The molecule has 0 spiro atoms. The smallest absolute Gasteiger partial charge is 0.230 e. The van der Waals surface area contributed by atoms with Gasteiger partial charge in [-0.1, -0.05) is 18.2 Å². The molecular weight excluding hydrogens is 304 g/mol. The van der Waals surface area contributed by atoms with Gasteiger partial charge < -0.3 is 26.8 Å². The first-order valence-electron chi connectivity index (χ1n) is 6.71. The lowest BCUT2D eigenvalue weighted by Crippen LogP contribution is -3.00. The van der Waals surface area contributed by atoms with Crippen molar-refractivity contribution in [2.24, 2.45) is 0 Å². The van der Waals surface area contributed by atoms with Crippen molar-refractivity contribution in [1.29, 1.82) is 0 Å². The van der Waals surface area contributed by atoms with Crippen molar-refractivity contribution in [3.05, 3.63) is 30.3 Å². The first kappa shape index (κ1) is 18.1. The number of carbonyl (C=O) groups is 1. The van der Waals surface area contributed by atoms with Crippen LogP contribution in [0.15, 0.2) is 30.3 Å². The van der Waals surface area contributed by atoms with Crippen LogP contribution >= 0.6 is 0 Å². The summed E-state index contributed by atoms with van der Waals surface area (Å²) in [6.45, 7) is 8.61. The number of hydrogen-bond acceptors (Lipinski definition) is 1. The fourth-order valence-corrected chi connectivity index (χ4v) is 2.07. The van der Waals surface area contributed by atoms with Gasteiger partial charge in [-0.15, -0.1) is 0 Å². The molecule has 1 aromatic carbocycles. The monoisotopic (exact) mass is 328 g/mol. The number of benzene rings is 1. The third kappa shape index (κ3) is 5.33. The van der Waals surface area contributed by atoms with Crippen molar-refractivity contribution in [2.75, 3.05) is 25.5 Å². The molecular formula is C15H25BrN2O. The second-order valence-corrected chi connectivity index (χ2v) is 5.08. The minimum absolute atomic E-state index is 0. The molecule has 1 unspecified atom stereocenters. The van der Waals surface area contributed by atoms with E-state index in [4.69, 9.17) is 0 Å². The number of nitrogens with zero attached hydrogens (tertiary/aromatic N) is 1. The zero-order valence-corrected chi connectivity index (χ0v) is 13.9. The summed E-state index contributed by atoms with van der Waals surface area (Å²) in [7, 11) is 2.21. The molecule has 0 saturated carbocycles.